The summed E-state index contributed by atoms with van der Waals surface area (Å²) in [6.07, 6.45) is 0. The van der Waals surface area contributed by atoms with Crippen molar-refractivity contribution >= 4 is 5.78 Å². The summed E-state index contributed by atoms with van der Waals surface area (Å²) >= 11 is 0. The normalized spacial score (nSPS) is 10.4. The average Bonchev–Trinajstić information content (AvgIpc) is 2.26. The van der Waals surface area contributed by atoms with Crippen LogP contribution in [0.1, 0.15) is 24.2 Å². The van der Waals surface area contributed by atoms with Crippen molar-refractivity contribution < 1.29 is 9.53 Å². The highest BCUT2D eigenvalue weighted by Gasteiger charge is 2.09. The van der Waals surface area contributed by atoms with E-state index >= 15 is 0 Å². The molecule has 0 aliphatic heterocycles. The number of Topliss-reactive ketones (excluding diaryl/α,β-unsaturated/α-hetero) is 1. The van der Waals surface area contributed by atoms with E-state index in [0.29, 0.717) is 13.2 Å². The molecule has 0 radical (unpaired) electrons. The Morgan fingerprint density at radius 3 is 2.40 bits per heavy atom. The predicted molar refractivity (Wildman–Crippen MR) is 60.2 cm³/mol. The van der Waals surface area contributed by atoms with Crippen LogP contribution in [-0.4, -0.2) is 18.9 Å². The molecule has 0 unspecified atom stereocenters. The van der Waals surface area contributed by atoms with Crippen molar-refractivity contribution in [1.82, 2.24) is 0 Å². The quantitative estimate of drug-likeness (QED) is 0.750. The van der Waals surface area contributed by atoms with Gasteiger partial charge in [0, 0.05) is 18.0 Å². The summed E-state index contributed by atoms with van der Waals surface area (Å²) in [5, 5.41) is 0. The van der Waals surface area contributed by atoms with Crippen molar-refractivity contribution in [3.8, 4) is 5.75 Å². The van der Waals surface area contributed by atoms with Gasteiger partial charge < -0.3 is 10.5 Å². The molecular formula is C12H17NO2. The van der Waals surface area contributed by atoms with Crippen LogP contribution in [0, 0.1) is 5.92 Å². The van der Waals surface area contributed by atoms with Crippen molar-refractivity contribution in [3.05, 3.63) is 29.8 Å². The first-order chi connectivity index (χ1) is 7.15. The van der Waals surface area contributed by atoms with Gasteiger partial charge >= 0.3 is 0 Å². The number of hydrogen-bond acceptors (Lipinski definition) is 3. The van der Waals surface area contributed by atoms with Crippen LogP contribution in [0.5, 0.6) is 5.75 Å². The van der Waals surface area contributed by atoms with E-state index in [1.165, 1.54) is 0 Å². The summed E-state index contributed by atoms with van der Waals surface area (Å²) < 4.78 is 5.31. The summed E-state index contributed by atoms with van der Waals surface area (Å²) in [6.45, 7) is 4.77. The number of carbonyl (C=O) groups is 1. The van der Waals surface area contributed by atoms with Gasteiger partial charge in [-0.3, -0.25) is 4.79 Å². The highest BCUT2D eigenvalue weighted by Crippen LogP contribution is 2.14. The van der Waals surface area contributed by atoms with Crippen LogP contribution >= 0.6 is 0 Å². The number of ketones is 1. The molecule has 2 N–H and O–H groups in total. The predicted octanol–water partition coefficient (Wildman–Crippen LogP) is 1.86. The molecule has 1 aromatic rings. The number of nitrogens with two attached hydrogens (primary N) is 1. The van der Waals surface area contributed by atoms with Gasteiger partial charge in [-0.15, -0.1) is 0 Å². The lowest BCUT2D eigenvalue weighted by molar-refractivity contribution is 0.0939. The topological polar surface area (TPSA) is 52.3 Å². The van der Waals surface area contributed by atoms with E-state index in [9.17, 15) is 4.79 Å². The fourth-order valence-electron chi connectivity index (χ4n) is 1.23. The van der Waals surface area contributed by atoms with Gasteiger partial charge in [-0.2, -0.15) is 0 Å². The molecule has 1 rings (SSSR count). The molecular weight excluding hydrogens is 190 g/mol. The molecule has 0 atom stereocenters. The summed E-state index contributed by atoms with van der Waals surface area (Å²) in [5.41, 5.74) is 6.04. The summed E-state index contributed by atoms with van der Waals surface area (Å²) in [4.78, 5) is 11.6. The van der Waals surface area contributed by atoms with Gasteiger partial charge in [0.05, 0.1) is 0 Å². The Balaban J connectivity index is 2.68. The Bertz CT molecular complexity index is 317. The van der Waals surface area contributed by atoms with E-state index in [1.807, 2.05) is 13.8 Å². The minimum atomic E-state index is 0.0285. The Kier molecular flexibility index (Phi) is 4.31. The van der Waals surface area contributed by atoms with Gasteiger partial charge in [0.15, 0.2) is 5.78 Å². The van der Waals surface area contributed by atoms with E-state index in [4.69, 9.17) is 10.5 Å². The van der Waals surface area contributed by atoms with Gasteiger partial charge in [0.25, 0.3) is 0 Å². The molecule has 0 spiro atoms. The standard InChI is InChI=1S/C12H17NO2/c1-9(2)12(14)10-3-5-11(6-4-10)15-8-7-13/h3-6,9H,7-8,13H2,1-2H3. The summed E-state index contributed by atoms with van der Waals surface area (Å²) in [6, 6.07) is 7.17. The van der Waals surface area contributed by atoms with Crippen molar-refractivity contribution in [2.24, 2.45) is 11.7 Å². The van der Waals surface area contributed by atoms with Crippen LogP contribution in [0.4, 0.5) is 0 Å². The Hall–Kier alpha value is -1.35. The third kappa shape index (κ3) is 3.36. The zero-order chi connectivity index (χ0) is 11.3. The maximum atomic E-state index is 11.6. The second-order valence-corrected chi connectivity index (χ2v) is 3.68. The SMILES string of the molecule is CC(C)C(=O)c1ccc(OCCN)cc1. The van der Waals surface area contributed by atoms with Gasteiger partial charge in [-0.1, -0.05) is 13.8 Å². The van der Waals surface area contributed by atoms with Crippen LogP contribution in [0.3, 0.4) is 0 Å². The van der Waals surface area contributed by atoms with Crippen LogP contribution in [0.15, 0.2) is 24.3 Å². The second-order valence-electron chi connectivity index (χ2n) is 3.68. The van der Waals surface area contributed by atoms with E-state index in [1.54, 1.807) is 24.3 Å². The molecule has 3 nitrogen and oxygen atoms in total. The number of carbonyl (C=O) groups excluding carboxylic acids is 1. The third-order valence-corrected chi connectivity index (χ3v) is 2.05. The minimum Gasteiger partial charge on any atom is -0.492 e. The van der Waals surface area contributed by atoms with Crippen molar-refractivity contribution in [2.45, 2.75) is 13.8 Å². The lowest BCUT2D eigenvalue weighted by atomic mass is 10.0. The Morgan fingerprint density at radius 2 is 1.93 bits per heavy atom. The summed E-state index contributed by atoms with van der Waals surface area (Å²) in [5.74, 6) is 0.932. The van der Waals surface area contributed by atoms with Crippen molar-refractivity contribution in [1.29, 1.82) is 0 Å². The van der Waals surface area contributed by atoms with Crippen molar-refractivity contribution in [2.75, 3.05) is 13.2 Å². The molecule has 15 heavy (non-hydrogen) atoms. The molecule has 0 fully saturated rings. The highest BCUT2D eigenvalue weighted by molar-refractivity contribution is 5.97. The van der Waals surface area contributed by atoms with E-state index in [0.717, 1.165) is 11.3 Å². The Labute approximate surface area is 90.2 Å². The van der Waals surface area contributed by atoms with E-state index < -0.39 is 0 Å². The highest BCUT2D eigenvalue weighted by atomic mass is 16.5. The average molecular weight is 207 g/mol. The van der Waals surface area contributed by atoms with Gasteiger partial charge in [-0.25, -0.2) is 0 Å². The molecule has 0 saturated heterocycles. The fraction of sp³-hybridized carbons (Fsp3) is 0.417. The van der Waals surface area contributed by atoms with Gasteiger partial charge in [0.1, 0.15) is 12.4 Å². The largest absolute Gasteiger partial charge is 0.492 e. The maximum absolute atomic E-state index is 11.6. The number of hydrogen-bond donors (Lipinski definition) is 1. The first kappa shape index (κ1) is 11.7. The second kappa shape index (κ2) is 5.51. The monoisotopic (exact) mass is 207 g/mol. The van der Waals surface area contributed by atoms with Crippen molar-refractivity contribution in [3.63, 3.8) is 0 Å². The molecule has 0 heterocycles. The van der Waals surface area contributed by atoms with Crippen LogP contribution in [0.2, 0.25) is 0 Å². The molecule has 3 heteroatoms. The molecule has 0 aliphatic rings. The zero-order valence-corrected chi connectivity index (χ0v) is 9.19. The lowest BCUT2D eigenvalue weighted by Crippen LogP contribution is -2.11. The Morgan fingerprint density at radius 1 is 1.33 bits per heavy atom. The molecule has 0 saturated carbocycles. The molecule has 82 valence electrons. The van der Waals surface area contributed by atoms with Crippen LogP contribution in [-0.2, 0) is 0 Å². The molecule has 0 amide bonds. The van der Waals surface area contributed by atoms with Gasteiger partial charge in [-0.05, 0) is 24.3 Å². The smallest absolute Gasteiger partial charge is 0.165 e. The fourth-order valence-corrected chi connectivity index (χ4v) is 1.23. The molecule has 1 aromatic carbocycles. The van der Waals surface area contributed by atoms with Crippen LogP contribution in [0.25, 0.3) is 0 Å². The number of rotatable bonds is 5. The van der Waals surface area contributed by atoms with E-state index in [2.05, 4.69) is 0 Å². The third-order valence-electron chi connectivity index (χ3n) is 2.05. The molecule has 0 bridgehead atoms. The first-order valence-electron chi connectivity index (χ1n) is 5.12. The van der Waals surface area contributed by atoms with Crippen LogP contribution < -0.4 is 10.5 Å². The maximum Gasteiger partial charge on any atom is 0.165 e. The minimum absolute atomic E-state index is 0.0285. The summed E-state index contributed by atoms with van der Waals surface area (Å²) in [7, 11) is 0. The lowest BCUT2D eigenvalue weighted by Gasteiger charge is -2.06. The van der Waals surface area contributed by atoms with E-state index in [-0.39, 0.29) is 11.7 Å². The molecule has 0 aliphatic carbocycles. The number of ether oxygens (including phenoxy) is 1. The zero-order valence-electron chi connectivity index (χ0n) is 9.19. The number of benzene rings is 1. The van der Waals surface area contributed by atoms with Gasteiger partial charge in [0.2, 0.25) is 0 Å². The molecule has 0 aromatic heterocycles. The first-order valence-corrected chi connectivity index (χ1v) is 5.12.